The van der Waals surface area contributed by atoms with Gasteiger partial charge in [0.25, 0.3) is 0 Å². The number of fused-ring (bicyclic) bond motifs is 1. The SMILES string of the molecule is C=CCN(Cc1ccccc1)C(=O)[C@@H]1[C@H]2C(=O)N([C@@H](CO)C(C)C)C(C(=O)N(CC=C)C3CCCCC3)C23S[C@@H]1CC3C. The van der Waals surface area contributed by atoms with Gasteiger partial charge in [-0.05, 0) is 36.7 Å². The van der Waals surface area contributed by atoms with Crippen molar-refractivity contribution in [3.63, 3.8) is 0 Å². The average molecular weight is 608 g/mol. The zero-order valence-corrected chi connectivity index (χ0v) is 26.9. The first-order valence-corrected chi connectivity index (χ1v) is 17.0. The Bertz CT molecular complexity index is 1200. The molecule has 7 nitrogen and oxygen atoms in total. The molecule has 3 heterocycles. The van der Waals surface area contributed by atoms with Gasteiger partial charge in [-0.1, -0.05) is 82.5 Å². The molecule has 4 aliphatic rings. The fraction of sp³-hybridized carbons (Fsp3) is 0.629. The van der Waals surface area contributed by atoms with Crippen LogP contribution in [0, 0.1) is 23.7 Å². The molecule has 1 aromatic carbocycles. The Kier molecular flexibility index (Phi) is 9.76. The topological polar surface area (TPSA) is 81.2 Å². The standard InChI is InChI=1S/C35H49N3O4S/c1-6-18-36(21-25-14-10-8-11-15-25)32(40)29-28-20-24(5)35(43-28)30(29)33(41)38(27(22-39)23(3)4)31(35)34(42)37(19-7-2)26-16-12-9-13-17-26/h6-8,10-11,14-15,23-24,26-31,39H,1-2,9,12-13,16-22H2,3-5H3/t24?,27-,28+,29-,30-,31?,35?/m0/s1. The summed E-state index contributed by atoms with van der Waals surface area (Å²) in [6.45, 7) is 15.1. The lowest BCUT2D eigenvalue weighted by Crippen LogP contribution is -2.61. The number of rotatable bonds is 12. The van der Waals surface area contributed by atoms with Crippen molar-refractivity contribution < 1.29 is 19.5 Å². The number of carbonyl (C=O) groups excluding carboxylic acids is 3. The first-order valence-electron chi connectivity index (χ1n) is 16.2. The van der Waals surface area contributed by atoms with Gasteiger partial charge < -0.3 is 19.8 Å². The van der Waals surface area contributed by atoms with Gasteiger partial charge in [0.05, 0.1) is 29.2 Å². The van der Waals surface area contributed by atoms with Gasteiger partial charge in [0, 0.05) is 30.9 Å². The van der Waals surface area contributed by atoms with Crippen LogP contribution in [0.4, 0.5) is 0 Å². The minimum absolute atomic E-state index is 0.0360. The van der Waals surface area contributed by atoms with E-state index < -0.39 is 28.7 Å². The van der Waals surface area contributed by atoms with Crippen molar-refractivity contribution in [2.45, 2.75) is 94.0 Å². The number of thioether (sulfide) groups is 1. The zero-order chi connectivity index (χ0) is 30.9. The highest BCUT2D eigenvalue weighted by Crippen LogP contribution is 2.69. The van der Waals surface area contributed by atoms with Gasteiger partial charge in [-0.15, -0.1) is 24.9 Å². The summed E-state index contributed by atoms with van der Waals surface area (Å²) in [5, 5.41) is 10.6. The summed E-state index contributed by atoms with van der Waals surface area (Å²) < 4.78 is -0.720. The average Bonchev–Trinajstić information content (AvgIpc) is 3.60. The Balaban J connectivity index is 1.57. The summed E-state index contributed by atoms with van der Waals surface area (Å²) in [4.78, 5) is 49.7. The van der Waals surface area contributed by atoms with Crippen molar-refractivity contribution in [2.24, 2.45) is 23.7 Å². The molecule has 3 unspecified atom stereocenters. The van der Waals surface area contributed by atoms with E-state index in [1.165, 1.54) is 6.42 Å². The second kappa shape index (κ2) is 13.2. The number of amides is 3. The number of nitrogens with zero attached hydrogens (tertiary/aromatic N) is 3. The first kappa shape index (κ1) is 31.8. The first-order chi connectivity index (χ1) is 20.7. The molecule has 1 aromatic rings. The molecule has 1 spiro atoms. The molecule has 3 amide bonds. The number of likely N-dealkylation sites (tertiary alicyclic amines) is 1. The maximum Gasteiger partial charge on any atom is 0.247 e. The van der Waals surface area contributed by atoms with Crippen LogP contribution in [-0.4, -0.2) is 85.3 Å². The van der Waals surface area contributed by atoms with Crippen LogP contribution in [0.5, 0.6) is 0 Å². The summed E-state index contributed by atoms with van der Waals surface area (Å²) in [7, 11) is 0. The lowest BCUT2D eigenvalue weighted by molar-refractivity contribution is -0.149. The predicted octanol–water partition coefficient (Wildman–Crippen LogP) is 4.90. The van der Waals surface area contributed by atoms with Crippen molar-refractivity contribution in [1.82, 2.24) is 14.7 Å². The molecule has 3 aliphatic heterocycles. The minimum Gasteiger partial charge on any atom is -0.394 e. The third-order valence-electron chi connectivity index (χ3n) is 10.5. The van der Waals surface area contributed by atoms with Crippen LogP contribution in [0.1, 0.15) is 64.9 Å². The number of hydrogen-bond donors (Lipinski definition) is 1. The lowest BCUT2D eigenvalue weighted by Gasteiger charge is -2.45. The third kappa shape index (κ3) is 5.47. The largest absolute Gasteiger partial charge is 0.394 e. The summed E-state index contributed by atoms with van der Waals surface area (Å²) in [5.74, 6) is -1.34. The molecule has 2 bridgehead atoms. The monoisotopic (exact) mass is 607 g/mol. The number of carbonyl (C=O) groups is 3. The second-order valence-corrected chi connectivity index (χ2v) is 14.9. The molecule has 0 aromatic heterocycles. The minimum atomic E-state index is -0.726. The fourth-order valence-corrected chi connectivity index (χ4v) is 10.9. The quantitative estimate of drug-likeness (QED) is 0.342. The van der Waals surface area contributed by atoms with Gasteiger partial charge in [0.2, 0.25) is 17.7 Å². The van der Waals surface area contributed by atoms with E-state index in [2.05, 4.69) is 20.1 Å². The highest BCUT2D eigenvalue weighted by molar-refractivity contribution is 8.02. The molecule has 5 rings (SSSR count). The van der Waals surface area contributed by atoms with Gasteiger partial charge in [0.1, 0.15) is 6.04 Å². The van der Waals surface area contributed by atoms with Crippen molar-refractivity contribution in [1.29, 1.82) is 0 Å². The summed E-state index contributed by atoms with van der Waals surface area (Å²) in [5.41, 5.74) is 1.02. The van der Waals surface area contributed by atoms with E-state index in [1.807, 2.05) is 54.0 Å². The maximum absolute atomic E-state index is 14.9. The third-order valence-corrected chi connectivity index (χ3v) is 12.6. The summed E-state index contributed by atoms with van der Waals surface area (Å²) >= 11 is 1.71. The molecule has 1 N–H and O–H groups in total. The molecule has 0 radical (unpaired) electrons. The molecule has 234 valence electrons. The smallest absolute Gasteiger partial charge is 0.247 e. The molecular weight excluding hydrogens is 558 g/mol. The number of hydrogen-bond acceptors (Lipinski definition) is 5. The molecular formula is C35H49N3O4S. The highest BCUT2D eigenvalue weighted by Gasteiger charge is 2.77. The van der Waals surface area contributed by atoms with Gasteiger partial charge in [-0.25, -0.2) is 0 Å². The van der Waals surface area contributed by atoms with Crippen molar-refractivity contribution >= 4 is 29.5 Å². The molecule has 3 saturated heterocycles. The van der Waals surface area contributed by atoms with Crippen molar-refractivity contribution in [3.8, 4) is 0 Å². The molecule has 1 saturated carbocycles. The van der Waals surface area contributed by atoms with Crippen LogP contribution in [0.2, 0.25) is 0 Å². The van der Waals surface area contributed by atoms with E-state index in [1.54, 1.807) is 28.8 Å². The zero-order valence-electron chi connectivity index (χ0n) is 26.1. The van der Waals surface area contributed by atoms with Crippen LogP contribution in [-0.2, 0) is 20.9 Å². The number of aliphatic hydroxyl groups excluding tert-OH is 1. The van der Waals surface area contributed by atoms with Gasteiger partial charge in [-0.2, -0.15) is 0 Å². The Hall–Kier alpha value is -2.58. The Morgan fingerprint density at radius 3 is 2.37 bits per heavy atom. The molecule has 8 heteroatoms. The fourth-order valence-electron chi connectivity index (χ4n) is 8.51. The van der Waals surface area contributed by atoms with E-state index in [0.29, 0.717) is 19.6 Å². The van der Waals surface area contributed by atoms with E-state index >= 15 is 0 Å². The molecule has 4 fully saturated rings. The molecule has 43 heavy (non-hydrogen) atoms. The maximum atomic E-state index is 14.9. The van der Waals surface area contributed by atoms with Crippen LogP contribution in [0.15, 0.2) is 55.6 Å². The molecule has 1 aliphatic carbocycles. The van der Waals surface area contributed by atoms with E-state index in [-0.39, 0.29) is 47.5 Å². The van der Waals surface area contributed by atoms with Crippen LogP contribution >= 0.6 is 11.8 Å². The summed E-state index contributed by atoms with van der Waals surface area (Å²) in [6.07, 6.45) is 9.57. The number of benzene rings is 1. The lowest BCUT2D eigenvalue weighted by atomic mass is 9.65. The predicted molar refractivity (Wildman–Crippen MR) is 172 cm³/mol. The van der Waals surface area contributed by atoms with Crippen LogP contribution in [0.3, 0.4) is 0 Å². The number of aliphatic hydroxyl groups is 1. The normalized spacial score (nSPS) is 30.8. The summed E-state index contributed by atoms with van der Waals surface area (Å²) in [6, 6.07) is 8.79. The van der Waals surface area contributed by atoms with E-state index in [9.17, 15) is 19.5 Å². The van der Waals surface area contributed by atoms with E-state index in [0.717, 1.165) is 37.7 Å². The van der Waals surface area contributed by atoms with E-state index in [4.69, 9.17) is 0 Å². The van der Waals surface area contributed by atoms with Gasteiger partial charge in [-0.3, -0.25) is 14.4 Å². The second-order valence-electron chi connectivity index (χ2n) is 13.4. The molecule has 7 atom stereocenters. The Morgan fingerprint density at radius 2 is 1.77 bits per heavy atom. The van der Waals surface area contributed by atoms with Gasteiger partial charge in [0.15, 0.2) is 0 Å². The Morgan fingerprint density at radius 1 is 1.09 bits per heavy atom. The van der Waals surface area contributed by atoms with Crippen LogP contribution in [0.25, 0.3) is 0 Å². The van der Waals surface area contributed by atoms with Crippen molar-refractivity contribution in [2.75, 3.05) is 19.7 Å². The highest BCUT2D eigenvalue weighted by atomic mass is 32.2. The Labute approximate surface area is 261 Å². The van der Waals surface area contributed by atoms with Crippen molar-refractivity contribution in [3.05, 3.63) is 61.2 Å². The van der Waals surface area contributed by atoms with Gasteiger partial charge >= 0.3 is 0 Å². The van der Waals surface area contributed by atoms with Crippen LogP contribution < -0.4 is 0 Å².